The first-order valence-electron chi connectivity index (χ1n) is 7.97. The molecule has 0 atom stereocenters. The quantitative estimate of drug-likeness (QED) is 0.389. The monoisotopic (exact) mass is 326 g/mol. The Balaban J connectivity index is 1.77. The molecule has 0 N–H and O–H groups in total. The fourth-order valence-corrected chi connectivity index (χ4v) is 5.10. The molecular formula is C20H12N3S+. The third kappa shape index (κ3) is 1.49. The molecule has 0 spiro atoms. The molecule has 0 saturated carbocycles. The molecular weight excluding hydrogens is 314 g/mol. The Morgan fingerprint density at radius 2 is 1.79 bits per heavy atom. The summed E-state index contributed by atoms with van der Waals surface area (Å²) in [5.74, 6) is 0. The third-order valence-corrected chi connectivity index (χ3v) is 6.07. The molecule has 6 rings (SSSR count). The summed E-state index contributed by atoms with van der Waals surface area (Å²) in [7, 11) is 0. The predicted molar refractivity (Wildman–Crippen MR) is 97.2 cm³/mol. The standard InChI is InChI=1S/C20H12N3S/c1-2-4-17-13(3-1)14-6-5-12-11-23-16(18(12)19(14)24-17)8-7-15-20(23)22-10-9-21-15/h1-10H,11H2/q+1. The predicted octanol–water partition coefficient (Wildman–Crippen LogP) is 4.31. The maximum atomic E-state index is 4.56. The molecule has 3 nitrogen and oxygen atoms in total. The van der Waals surface area contributed by atoms with Gasteiger partial charge in [0.15, 0.2) is 11.7 Å². The van der Waals surface area contributed by atoms with E-state index in [-0.39, 0.29) is 0 Å². The van der Waals surface area contributed by atoms with Crippen LogP contribution in [0.5, 0.6) is 0 Å². The van der Waals surface area contributed by atoms with Crippen molar-refractivity contribution in [3.05, 3.63) is 66.5 Å². The van der Waals surface area contributed by atoms with Crippen LogP contribution in [-0.4, -0.2) is 9.97 Å². The van der Waals surface area contributed by atoms with E-state index in [2.05, 4.69) is 63.1 Å². The van der Waals surface area contributed by atoms with Gasteiger partial charge in [-0.1, -0.05) is 30.3 Å². The van der Waals surface area contributed by atoms with Gasteiger partial charge in [0.2, 0.25) is 0 Å². The van der Waals surface area contributed by atoms with Crippen molar-refractivity contribution < 1.29 is 4.57 Å². The second-order valence-electron chi connectivity index (χ2n) is 6.14. The Bertz CT molecular complexity index is 1290. The maximum Gasteiger partial charge on any atom is 0.349 e. The first kappa shape index (κ1) is 12.6. The zero-order valence-corrected chi connectivity index (χ0v) is 13.5. The molecule has 1 aliphatic rings. The third-order valence-electron chi connectivity index (χ3n) is 4.87. The Kier molecular flexibility index (Phi) is 2.28. The van der Waals surface area contributed by atoms with Crippen LogP contribution in [0, 0.1) is 0 Å². The first-order chi connectivity index (χ1) is 11.9. The largest absolute Gasteiger partial charge is 0.349 e. The average Bonchev–Trinajstić information content (AvgIpc) is 3.19. The van der Waals surface area contributed by atoms with Crippen molar-refractivity contribution in [3.63, 3.8) is 0 Å². The summed E-state index contributed by atoms with van der Waals surface area (Å²) in [6, 6.07) is 17.5. The Hall–Kier alpha value is -2.85. The molecule has 0 fully saturated rings. The number of fused-ring (bicyclic) bond motifs is 9. The van der Waals surface area contributed by atoms with Gasteiger partial charge < -0.3 is 0 Å². The molecule has 0 aliphatic carbocycles. The lowest BCUT2D eigenvalue weighted by Gasteiger charge is -2.00. The fraction of sp³-hybridized carbons (Fsp3) is 0.0500. The van der Waals surface area contributed by atoms with Crippen molar-refractivity contribution in [2.24, 2.45) is 0 Å². The molecule has 5 aromatic rings. The highest BCUT2D eigenvalue weighted by molar-refractivity contribution is 7.26. The van der Waals surface area contributed by atoms with E-state index in [1.54, 1.807) is 12.4 Å². The number of thiophene rings is 1. The number of benzene rings is 2. The van der Waals surface area contributed by atoms with Gasteiger partial charge in [-0.2, -0.15) is 0 Å². The molecule has 112 valence electrons. The van der Waals surface area contributed by atoms with Gasteiger partial charge in [0, 0.05) is 31.3 Å². The Labute approximate surface area is 141 Å². The molecule has 4 heterocycles. The number of aromatic nitrogens is 3. The zero-order chi connectivity index (χ0) is 15.7. The second-order valence-corrected chi connectivity index (χ2v) is 7.20. The highest BCUT2D eigenvalue weighted by Crippen LogP contribution is 2.42. The molecule has 2 aromatic carbocycles. The van der Waals surface area contributed by atoms with E-state index in [0.29, 0.717) is 0 Å². The highest BCUT2D eigenvalue weighted by Gasteiger charge is 2.29. The van der Waals surface area contributed by atoms with Crippen LogP contribution in [0.3, 0.4) is 0 Å². The fourth-order valence-electron chi connectivity index (χ4n) is 3.82. The molecule has 24 heavy (non-hydrogen) atoms. The van der Waals surface area contributed by atoms with Gasteiger partial charge >= 0.3 is 5.65 Å². The van der Waals surface area contributed by atoms with Gasteiger partial charge in [-0.05, 0) is 23.2 Å². The van der Waals surface area contributed by atoms with E-state index in [0.717, 1.165) is 17.7 Å². The SMILES string of the molecule is c1ccc2c(c1)sc1c3c(ccc12)C[n+]1c-3ccc2nccnc21. The van der Waals surface area contributed by atoms with Crippen molar-refractivity contribution in [2.45, 2.75) is 6.54 Å². The van der Waals surface area contributed by atoms with Crippen LogP contribution >= 0.6 is 11.3 Å². The summed E-state index contributed by atoms with van der Waals surface area (Å²) >= 11 is 1.89. The minimum Gasteiger partial charge on any atom is -0.244 e. The van der Waals surface area contributed by atoms with E-state index in [1.165, 1.54) is 37.0 Å². The van der Waals surface area contributed by atoms with Gasteiger partial charge in [-0.15, -0.1) is 11.3 Å². The number of nitrogens with zero attached hydrogens (tertiary/aromatic N) is 3. The molecule has 1 aliphatic heterocycles. The van der Waals surface area contributed by atoms with Crippen molar-refractivity contribution in [3.8, 4) is 11.3 Å². The number of hydrogen-bond acceptors (Lipinski definition) is 3. The van der Waals surface area contributed by atoms with Crippen LogP contribution in [0.1, 0.15) is 5.56 Å². The van der Waals surface area contributed by atoms with E-state index in [1.807, 2.05) is 11.3 Å². The molecule has 0 radical (unpaired) electrons. The smallest absolute Gasteiger partial charge is 0.244 e. The van der Waals surface area contributed by atoms with Crippen LogP contribution < -0.4 is 4.57 Å². The number of rotatable bonds is 0. The molecule has 0 bridgehead atoms. The summed E-state index contributed by atoms with van der Waals surface area (Å²) in [4.78, 5) is 9.00. The van der Waals surface area contributed by atoms with E-state index in [4.69, 9.17) is 0 Å². The van der Waals surface area contributed by atoms with Gasteiger partial charge in [0.1, 0.15) is 12.2 Å². The lowest BCUT2D eigenvalue weighted by Crippen LogP contribution is -2.34. The van der Waals surface area contributed by atoms with Crippen LogP contribution in [0.2, 0.25) is 0 Å². The summed E-state index contributed by atoms with van der Waals surface area (Å²) in [5, 5.41) is 2.70. The van der Waals surface area contributed by atoms with E-state index >= 15 is 0 Å². The number of hydrogen-bond donors (Lipinski definition) is 0. The summed E-state index contributed by atoms with van der Waals surface area (Å²) in [5.41, 5.74) is 5.88. The van der Waals surface area contributed by atoms with Crippen molar-refractivity contribution in [1.29, 1.82) is 0 Å². The van der Waals surface area contributed by atoms with Crippen LogP contribution in [0.4, 0.5) is 0 Å². The number of pyridine rings is 1. The van der Waals surface area contributed by atoms with E-state index in [9.17, 15) is 0 Å². The van der Waals surface area contributed by atoms with Gasteiger partial charge in [0.25, 0.3) is 0 Å². The minimum absolute atomic E-state index is 0.866. The van der Waals surface area contributed by atoms with Gasteiger partial charge in [-0.3, -0.25) is 0 Å². The molecule has 0 saturated heterocycles. The van der Waals surface area contributed by atoms with Gasteiger partial charge in [0.05, 0.1) is 6.20 Å². The molecule has 0 amide bonds. The maximum absolute atomic E-state index is 4.56. The first-order valence-corrected chi connectivity index (χ1v) is 8.79. The summed E-state index contributed by atoms with van der Waals surface area (Å²) in [6.45, 7) is 0.866. The average molecular weight is 326 g/mol. The zero-order valence-electron chi connectivity index (χ0n) is 12.7. The normalized spacial score (nSPS) is 12.8. The summed E-state index contributed by atoms with van der Waals surface area (Å²) in [6.07, 6.45) is 3.52. The lowest BCUT2D eigenvalue weighted by atomic mass is 10.0. The highest BCUT2D eigenvalue weighted by atomic mass is 32.1. The Morgan fingerprint density at radius 1 is 0.875 bits per heavy atom. The van der Waals surface area contributed by atoms with Crippen molar-refractivity contribution in [1.82, 2.24) is 9.97 Å². The van der Waals surface area contributed by atoms with Crippen LogP contribution in [-0.2, 0) is 6.54 Å². The van der Waals surface area contributed by atoms with Crippen LogP contribution in [0.15, 0.2) is 60.9 Å². The second kappa shape index (κ2) is 4.36. The molecule has 3 aromatic heterocycles. The van der Waals surface area contributed by atoms with Crippen LogP contribution in [0.25, 0.3) is 42.6 Å². The van der Waals surface area contributed by atoms with Crippen molar-refractivity contribution in [2.75, 3.05) is 0 Å². The molecule has 4 heteroatoms. The summed E-state index contributed by atoms with van der Waals surface area (Å²) < 4.78 is 5.01. The topological polar surface area (TPSA) is 29.7 Å². The van der Waals surface area contributed by atoms with E-state index < -0.39 is 0 Å². The minimum atomic E-state index is 0.866. The lowest BCUT2D eigenvalue weighted by molar-refractivity contribution is -0.647. The van der Waals surface area contributed by atoms with Gasteiger partial charge in [-0.25, -0.2) is 9.55 Å². The van der Waals surface area contributed by atoms with Crippen molar-refractivity contribution >= 4 is 42.7 Å². The molecule has 0 unspecified atom stereocenters. The Morgan fingerprint density at radius 3 is 2.79 bits per heavy atom.